The predicted molar refractivity (Wildman–Crippen MR) is 71.0 cm³/mol. The summed E-state index contributed by atoms with van der Waals surface area (Å²) < 4.78 is 5.51. The molecule has 0 aliphatic rings. The molecule has 1 N–H and O–H groups in total. The van der Waals surface area contributed by atoms with Crippen LogP contribution in [-0.4, -0.2) is 50.3 Å². The first-order valence-corrected chi connectivity index (χ1v) is 6.56. The highest BCUT2D eigenvalue weighted by Crippen LogP contribution is 1.94. The van der Waals surface area contributed by atoms with E-state index in [1.807, 2.05) is 0 Å². The molecule has 0 unspecified atom stereocenters. The number of hydrogen-bond acceptors (Lipinski definition) is 3. The molecule has 0 amide bonds. The Morgan fingerprint density at radius 1 is 1.06 bits per heavy atom. The molecule has 0 fully saturated rings. The summed E-state index contributed by atoms with van der Waals surface area (Å²) in [5.74, 6) is 0. The van der Waals surface area contributed by atoms with Crippen LogP contribution in [0.5, 0.6) is 0 Å². The molecule has 0 aromatic carbocycles. The second-order valence-electron chi connectivity index (χ2n) is 5.04. The topological polar surface area (TPSA) is 24.5 Å². The van der Waals surface area contributed by atoms with Crippen LogP contribution < -0.4 is 5.32 Å². The van der Waals surface area contributed by atoms with Gasteiger partial charge in [-0.1, -0.05) is 13.8 Å². The van der Waals surface area contributed by atoms with Crippen LogP contribution in [0.1, 0.15) is 40.5 Å². The third-order valence-corrected chi connectivity index (χ3v) is 2.40. The molecule has 0 heterocycles. The smallest absolute Gasteiger partial charge is 0.0518 e. The standard InChI is InChI=1S/C13H30N2O/c1-12(2)14-8-6-9-15(5)10-7-11-16-13(3)4/h12-14H,6-11H2,1-5H3. The van der Waals surface area contributed by atoms with Crippen molar-refractivity contribution in [3.05, 3.63) is 0 Å². The first kappa shape index (κ1) is 15.9. The molecule has 98 valence electrons. The molecule has 16 heavy (non-hydrogen) atoms. The van der Waals surface area contributed by atoms with Gasteiger partial charge in [0.2, 0.25) is 0 Å². The van der Waals surface area contributed by atoms with Gasteiger partial charge in [-0.3, -0.25) is 0 Å². The molecule has 3 nitrogen and oxygen atoms in total. The zero-order chi connectivity index (χ0) is 12.4. The van der Waals surface area contributed by atoms with E-state index in [1.165, 1.54) is 13.0 Å². The van der Waals surface area contributed by atoms with Crippen molar-refractivity contribution in [2.75, 3.05) is 33.3 Å². The Bertz CT molecular complexity index is 133. The van der Waals surface area contributed by atoms with E-state index in [0.717, 1.165) is 26.1 Å². The van der Waals surface area contributed by atoms with Crippen molar-refractivity contribution >= 4 is 0 Å². The van der Waals surface area contributed by atoms with Crippen LogP contribution in [0.4, 0.5) is 0 Å². The highest BCUT2D eigenvalue weighted by molar-refractivity contribution is 4.57. The van der Waals surface area contributed by atoms with E-state index < -0.39 is 0 Å². The van der Waals surface area contributed by atoms with Gasteiger partial charge < -0.3 is 15.0 Å². The Morgan fingerprint density at radius 2 is 1.69 bits per heavy atom. The van der Waals surface area contributed by atoms with Gasteiger partial charge in [0.15, 0.2) is 0 Å². The van der Waals surface area contributed by atoms with Crippen LogP contribution in [0.3, 0.4) is 0 Å². The molecule has 0 radical (unpaired) electrons. The van der Waals surface area contributed by atoms with Gasteiger partial charge in [0.05, 0.1) is 6.10 Å². The maximum absolute atomic E-state index is 5.51. The summed E-state index contributed by atoms with van der Waals surface area (Å²) in [6.07, 6.45) is 2.71. The fraction of sp³-hybridized carbons (Fsp3) is 1.00. The molecule has 0 aromatic heterocycles. The lowest BCUT2D eigenvalue weighted by molar-refractivity contribution is 0.0721. The van der Waals surface area contributed by atoms with Gasteiger partial charge in [-0.25, -0.2) is 0 Å². The molecular formula is C13H30N2O. The van der Waals surface area contributed by atoms with Crippen molar-refractivity contribution in [1.82, 2.24) is 10.2 Å². The average Bonchev–Trinajstić information content (AvgIpc) is 2.19. The largest absolute Gasteiger partial charge is 0.379 e. The summed E-state index contributed by atoms with van der Waals surface area (Å²) in [4.78, 5) is 2.38. The van der Waals surface area contributed by atoms with Gasteiger partial charge >= 0.3 is 0 Å². The summed E-state index contributed by atoms with van der Waals surface area (Å²) in [5.41, 5.74) is 0. The molecule has 0 saturated carbocycles. The predicted octanol–water partition coefficient (Wildman–Crippen LogP) is 2.12. The maximum Gasteiger partial charge on any atom is 0.0518 e. The van der Waals surface area contributed by atoms with Crippen LogP contribution in [0, 0.1) is 0 Å². The Kier molecular flexibility index (Phi) is 9.99. The fourth-order valence-electron chi connectivity index (χ4n) is 1.51. The zero-order valence-electron chi connectivity index (χ0n) is 11.8. The average molecular weight is 230 g/mol. The Labute approximate surface area is 102 Å². The highest BCUT2D eigenvalue weighted by Gasteiger charge is 1.99. The Balaban J connectivity index is 3.21. The second-order valence-corrected chi connectivity index (χ2v) is 5.04. The molecule has 3 heteroatoms. The monoisotopic (exact) mass is 230 g/mol. The molecule has 0 rings (SSSR count). The van der Waals surface area contributed by atoms with Crippen molar-refractivity contribution < 1.29 is 4.74 Å². The van der Waals surface area contributed by atoms with Crippen molar-refractivity contribution in [1.29, 1.82) is 0 Å². The minimum absolute atomic E-state index is 0.362. The van der Waals surface area contributed by atoms with Gasteiger partial charge in [0.1, 0.15) is 0 Å². The van der Waals surface area contributed by atoms with E-state index >= 15 is 0 Å². The summed E-state index contributed by atoms with van der Waals surface area (Å²) in [6, 6.07) is 0.602. The summed E-state index contributed by atoms with van der Waals surface area (Å²) >= 11 is 0. The molecular weight excluding hydrogens is 200 g/mol. The second kappa shape index (κ2) is 10.1. The van der Waals surface area contributed by atoms with E-state index in [9.17, 15) is 0 Å². The van der Waals surface area contributed by atoms with Crippen LogP contribution in [0.25, 0.3) is 0 Å². The van der Waals surface area contributed by atoms with Crippen molar-refractivity contribution in [3.8, 4) is 0 Å². The Hall–Kier alpha value is -0.120. The third kappa shape index (κ3) is 12.0. The molecule has 0 aliphatic heterocycles. The van der Waals surface area contributed by atoms with Gasteiger partial charge in [0, 0.05) is 19.2 Å². The van der Waals surface area contributed by atoms with E-state index in [2.05, 4.69) is 45.0 Å². The van der Waals surface area contributed by atoms with Crippen LogP contribution in [0.2, 0.25) is 0 Å². The van der Waals surface area contributed by atoms with Crippen LogP contribution >= 0.6 is 0 Å². The van der Waals surface area contributed by atoms with Gasteiger partial charge in [0.25, 0.3) is 0 Å². The lowest BCUT2D eigenvalue weighted by atomic mass is 10.3. The molecule has 0 spiro atoms. The minimum atomic E-state index is 0.362. The normalized spacial score (nSPS) is 12.0. The summed E-state index contributed by atoms with van der Waals surface area (Å²) in [7, 11) is 2.19. The number of rotatable bonds is 10. The number of nitrogens with zero attached hydrogens (tertiary/aromatic N) is 1. The summed E-state index contributed by atoms with van der Waals surface area (Å²) in [5, 5.41) is 3.43. The maximum atomic E-state index is 5.51. The molecule has 0 saturated heterocycles. The van der Waals surface area contributed by atoms with Crippen LogP contribution in [0.15, 0.2) is 0 Å². The third-order valence-electron chi connectivity index (χ3n) is 2.40. The first-order chi connectivity index (χ1) is 7.52. The van der Waals surface area contributed by atoms with E-state index in [0.29, 0.717) is 12.1 Å². The lowest BCUT2D eigenvalue weighted by Crippen LogP contribution is -2.28. The molecule has 0 aromatic rings. The van der Waals surface area contributed by atoms with E-state index in [-0.39, 0.29) is 0 Å². The van der Waals surface area contributed by atoms with Crippen molar-refractivity contribution in [3.63, 3.8) is 0 Å². The summed E-state index contributed by atoms with van der Waals surface area (Å²) in [6.45, 7) is 12.8. The quantitative estimate of drug-likeness (QED) is 0.582. The first-order valence-electron chi connectivity index (χ1n) is 6.56. The SMILES string of the molecule is CC(C)NCCCN(C)CCCOC(C)C. The molecule has 0 atom stereocenters. The molecule has 0 bridgehead atoms. The lowest BCUT2D eigenvalue weighted by Gasteiger charge is -2.17. The van der Waals surface area contributed by atoms with Crippen molar-refractivity contribution in [2.45, 2.75) is 52.7 Å². The van der Waals surface area contributed by atoms with Gasteiger partial charge in [-0.15, -0.1) is 0 Å². The Morgan fingerprint density at radius 3 is 2.25 bits per heavy atom. The zero-order valence-corrected chi connectivity index (χ0v) is 11.8. The minimum Gasteiger partial charge on any atom is -0.379 e. The fourth-order valence-corrected chi connectivity index (χ4v) is 1.51. The van der Waals surface area contributed by atoms with Crippen LogP contribution in [-0.2, 0) is 4.74 Å². The number of nitrogens with one attached hydrogen (secondary N) is 1. The van der Waals surface area contributed by atoms with Gasteiger partial charge in [-0.05, 0) is 46.8 Å². The van der Waals surface area contributed by atoms with Crippen molar-refractivity contribution in [2.24, 2.45) is 0 Å². The van der Waals surface area contributed by atoms with E-state index in [4.69, 9.17) is 4.74 Å². The van der Waals surface area contributed by atoms with E-state index in [1.54, 1.807) is 0 Å². The number of ether oxygens (including phenoxy) is 1. The number of hydrogen-bond donors (Lipinski definition) is 1. The molecule has 0 aliphatic carbocycles. The highest BCUT2D eigenvalue weighted by atomic mass is 16.5. The van der Waals surface area contributed by atoms with Gasteiger partial charge in [-0.2, -0.15) is 0 Å².